The van der Waals surface area contributed by atoms with Crippen LogP contribution in [0.25, 0.3) is 0 Å². The number of Topliss-reactive ketones (excluding diaryl/α,β-unsaturated/α-hetero) is 1. The standard InChI is InChI=1S/C16H20O4S/c1-20-13-7-5-11(6-8-13)16(17)12-9-14-3-2-4-15(10-12)21(14,18)19/h5-8,12,14-15H,2-4,9-10H2,1H3. The van der Waals surface area contributed by atoms with Crippen LogP contribution in [0.2, 0.25) is 0 Å². The molecule has 2 heterocycles. The van der Waals surface area contributed by atoms with Gasteiger partial charge in [-0.3, -0.25) is 4.79 Å². The first-order valence-corrected chi connectivity index (χ1v) is 9.04. The molecule has 2 unspecified atom stereocenters. The van der Waals surface area contributed by atoms with Crippen molar-refractivity contribution in [3.05, 3.63) is 29.8 Å². The van der Waals surface area contributed by atoms with E-state index in [0.717, 1.165) is 12.2 Å². The fourth-order valence-electron chi connectivity index (χ4n) is 3.61. The van der Waals surface area contributed by atoms with E-state index in [-0.39, 0.29) is 22.2 Å². The summed E-state index contributed by atoms with van der Waals surface area (Å²) in [6.45, 7) is 0. The van der Waals surface area contributed by atoms with Crippen molar-refractivity contribution in [1.82, 2.24) is 0 Å². The molecule has 114 valence electrons. The van der Waals surface area contributed by atoms with Gasteiger partial charge >= 0.3 is 0 Å². The first kappa shape index (κ1) is 14.6. The Kier molecular flexibility index (Phi) is 3.78. The molecule has 1 aromatic rings. The van der Waals surface area contributed by atoms with E-state index in [4.69, 9.17) is 4.74 Å². The van der Waals surface area contributed by atoms with Crippen LogP contribution in [0.4, 0.5) is 0 Å². The van der Waals surface area contributed by atoms with Gasteiger partial charge in [0.25, 0.3) is 0 Å². The summed E-state index contributed by atoms with van der Waals surface area (Å²) in [5.74, 6) is 0.635. The Morgan fingerprint density at radius 2 is 1.67 bits per heavy atom. The average Bonchev–Trinajstić information content (AvgIpc) is 2.45. The van der Waals surface area contributed by atoms with E-state index >= 15 is 0 Å². The number of hydrogen-bond acceptors (Lipinski definition) is 4. The predicted octanol–water partition coefficient (Wildman–Crippen LogP) is 2.62. The Labute approximate surface area is 125 Å². The second kappa shape index (κ2) is 5.44. The Balaban J connectivity index is 1.80. The number of carbonyl (C=O) groups excluding carboxylic acids is 1. The van der Waals surface area contributed by atoms with Gasteiger partial charge in [0.2, 0.25) is 0 Å². The zero-order valence-corrected chi connectivity index (χ0v) is 12.9. The van der Waals surface area contributed by atoms with Crippen molar-refractivity contribution >= 4 is 15.6 Å². The van der Waals surface area contributed by atoms with Crippen LogP contribution in [-0.4, -0.2) is 31.8 Å². The molecule has 2 atom stereocenters. The zero-order chi connectivity index (χ0) is 15.0. The highest BCUT2D eigenvalue weighted by molar-refractivity contribution is 7.92. The molecule has 5 heteroatoms. The molecule has 1 aromatic carbocycles. The molecule has 0 N–H and O–H groups in total. The third-order valence-corrected chi connectivity index (χ3v) is 7.54. The fraction of sp³-hybridized carbons (Fsp3) is 0.562. The molecule has 0 saturated carbocycles. The number of hydrogen-bond donors (Lipinski definition) is 0. The molecule has 4 nitrogen and oxygen atoms in total. The smallest absolute Gasteiger partial charge is 0.166 e. The van der Waals surface area contributed by atoms with Crippen molar-refractivity contribution in [3.8, 4) is 5.75 Å². The van der Waals surface area contributed by atoms with Crippen LogP contribution in [0.3, 0.4) is 0 Å². The molecule has 2 fully saturated rings. The summed E-state index contributed by atoms with van der Waals surface area (Å²) in [5.41, 5.74) is 0.651. The summed E-state index contributed by atoms with van der Waals surface area (Å²) in [6, 6.07) is 7.07. The predicted molar refractivity (Wildman–Crippen MR) is 80.4 cm³/mol. The van der Waals surface area contributed by atoms with Crippen molar-refractivity contribution in [2.75, 3.05) is 7.11 Å². The van der Waals surface area contributed by atoms with Crippen molar-refractivity contribution in [2.45, 2.75) is 42.6 Å². The summed E-state index contributed by atoms with van der Waals surface area (Å²) in [7, 11) is -1.41. The van der Waals surface area contributed by atoms with Crippen LogP contribution in [0, 0.1) is 5.92 Å². The van der Waals surface area contributed by atoms with Gasteiger partial charge in [-0.1, -0.05) is 6.42 Å². The Morgan fingerprint density at radius 1 is 1.10 bits per heavy atom. The van der Waals surface area contributed by atoms with Crippen LogP contribution < -0.4 is 4.74 Å². The summed E-state index contributed by atoms with van der Waals surface area (Å²) in [4.78, 5) is 12.6. The first-order valence-electron chi connectivity index (χ1n) is 7.43. The SMILES string of the molecule is COc1ccc(C(=O)C2CC3CCCC(C2)S3(=O)=O)cc1. The van der Waals surface area contributed by atoms with Crippen LogP contribution >= 0.6 is 0 Å². The molecular weight excluding hydrogens is 288 g/mol. The van der Waals surface area contributed by atoms with Gasteiger partial charge in [0.05, 0.1) is 17.6 Å². The lowest BCUT2D eigenvalue weighted by Crippen LogP contribution is -2.45. The maximum atomic E-state index is 12.6. The van der Waals surface area contributed by atoms with Crippen LogP contribution in [-0.2, 0) is 9.84 Å². The van der Waals surface area contributed by atoms with Crippen molar-refractivity contribution in [3.63, 3.8) is 0 Å². The lowest BCUT2D eigenvalue weighted by atomic mass is 9.84. The van der Waals surface area contributed by atoms with E-state index in [1.54, 1.807) is 31.4 Å². The largest absolute Gasteiger partial charge is 0.497 e. The van der Waals surface area contributed by atoms with Crippen LogP contribution in [0.1, 0.15) is 42.5 Å². The summed E-state index contributed by atoms with van der Waals surface area (Å²) >= 11 is 0. The fourth-order valence-corrected chi connectivity index (χ4v) is 6.15. The lowest BCUT2D eigenvalue weighted by molar-refractivity contribution is 0.0894. The van der Waals surface area contributed by atoms with Gasteiger partial charge < -0.3 is 4.74 Å². The van der Waals surface area contributed by atoms with Crippen molar-refractivity contribution in [1.29, 1.82) is 0 Å². The molecule has 3 rings (SSSR count). The third-order valence-electron chi connectivity index (χ3n) is 4.82. The van der Waals surface area contributed by atoms with Gasteiger partial charge in [0.15, 0.2) is 15.6 Å². The molecule has 0 radical (unpaired) electrons. The summed E-state index contributed by atoms with van der Waals surface area (Å²) in [6.07, 6.45) is 3.38. The van der Waals surface area contributed by atoms with E-state index in [2.05, 4.69) is 0 Å². The van der Waals surface area contributed by atoms with Gasteiger partial charge in [-0.25, -0.2) is 8.42 Å². The average molecular weight is 308 g/mol. The Bertz CT molecular complexity index is 613. The minimum atomic E-state index is -3.00. The summed E-state index contributed by atoms with van der Waals surface area (Å²) < 4.78 is 29.6. The highest BCUT2D eigenvalue weighted by Crippen LogP contribution is 2.40. The molecule has 21 heavy (non-hydrogen) atoms. The normalized spacial score (nSPS) is 30.6. The van der Waals surface area contributed by atoms with Gasteiger partial charge in [-0.15, -0.1) is 0 Å². The van der Waals surface area contributed by atoms with E-state index in [0.29, 0.717) is 31.2 Å². The van der Waals surface area contributed by atoms with E-state index in [1.165, 1.54) is 0 Å². The maximum absolute atomic E-state index is 12.6. The molecule has 0 aliphatic carbocycles. The highest BCUT2D eigenvalue weighted by atomic mass is 32.2. The molecule has 2 aliphatic heterocycles. The van der Waals surface area contributed by atoms with E-state index < -0.39 is 9.84 Å². The topological polar surface area (TPSA) is 60.4 Å². The van der Waals surface area contributed by atoms with Crippen LogP contribution in [0.15, 0.2) is 24.3 Å². The number of ketones is 1. The maximum Gasteiger partial charge on any atom is 0.166 e. The third kappa shape index (κ3) is 2.59. The minimum Gasteiger partial charge on any atom is -0.497 e. The minimum absolute atomic E-state index is 0.0736. The van der Waals surface area contributed by atoms with Crippen molar-refractivity contribution in [2.24, 2.45) is 5.92 Å². The van der Waals surface area contributed by atoms with E-state index in [1.807, 2.05) is 0 Å². The lowest BCUT2D eigenvalue weighted by Gasteiger charge is -2.38. The zero-order valence-electron chi connectivity index (χ0n) is 12.1. The molecule has 0 aromatic heterocycles. The highest BCUT2D eigenvalue weighted by Gasteiger charge is 2.45. The first-order chi connectivity index (χ1) is 10.0. The van der Waals surface area contributed by atoms with Gasteiger partial charge in [0, 0.05) is 11.5 Å². The monoisotopic (exact) mass is 308 g/mol. The number of benzene rings is 1. The van der Waals surface area contributed by atoms with Gasteiger partial charge in [-0.05, 0) is 49.9 Å². The van der Waals surface area contributed by atoms with E-state index in [9.17, 15) is 13.2 Å². The summed E-state index contributed by atoms with van der Waals surface area (Å²) in [5, 5.41) is -0.616. The molecule has 2 saturated heterocycles. The molecule has 0 amide bonds. The number of methoxy groups -OCH3 is 1. The molecular formula is C16H20O4S. The Hall–Kier alpha value is -1.36. The van der Waals surface area contributed by atoms with Gasteiger partial charge in [0.1, 0.15) is 5.75 Å². The number of fused-ring (bicyclic) bond motifs is 2. The molecule has 2 bridgehead atoms. The number of ether oxygens (including phenoxy) is 1. The van der Waals surface area contributed by atoms with Crippen LogP contribution in [0.5, 0.6) is 5.75 Å². The number of rotatable bonds is 3. The molecule has 2 aliphatic rings. The Morgan fingerprint density at radius 3 is 2.19 bits per heavy atom. The second-order valence-electron chi connectivity index (χ2n) is 6.03. The number of carbonyl (C=O) groups is 1. The van der Waals surface area contributed by atoms with Crippen molar-refractivity contribution < 1.29 is 17.9 Å². The second-order valence-corrected chi connectivity index (χ2v) is 8.54. The quantitative estimate of drug-likeness (QED) is 0.805. The number of sulfone groups is 1. The molecule has 0 spiro atoms. The van der Waals surface area contributed by atoms with Gasteiger partial charge in [-0.2, -0.15) is 0 Å².